The van der Waals surface area contributed by atoms with Gasteiger partial charge in [0, 0.05) is 56.3 Å². The summed E-state index contributed by atoms with van der Waals surface area (Å²) in [6.45, 7) is 3.60. The Bertz CT molecular complexity index is 1010. The van der Waals surface area contributed by atoms with Crippen molar-refractivity contribution < 1.29 is 0 Å². The van der Waals surface area contributed by atoms with Crippen molar-refractivity contribution in [3.8, 4) is 0 Å². The number of fused-ring (bicyclic) bond motifs is 5. The van der Waals surface area contributed by atoms with Gasteiger partial charge in [-0.3, -0.25) is 14.1 Å². The lowest BCUT2D eigenvalue weighted by molar-refractivity contribution is 0.113. The summed E-state index contributed by atoms with van der Waals surface area (Å²) in [6.07, 6.45) is 4.91. The number of hydrogen-bond donors (Lipinski definition) is 0. The Labute approximate surface area is 153 Å². The van der Waals surface area contributed by atoms with Crippen LogP contribution in [0.2, 0.25) is 0 Å². The molecule has 0 radical (unpaired) electrons. The average Bonchev–Trinajstić information content (AvgIpc) is 2.92. The lowest BCUT2D eigenvalue weighted by Gasteiger charge is -2.42. The van der Waals surface area contributed by atoms with Gasteiger partial charge in [0.15, 0.2) is 0 Å². The normalized spacial score (nSPS) is 22.9. The summed E-state index contributed by atoms with van der Waals surface area (Å²) in [7, 11) is 0. The van der Waals surface area contributed by atoms with E-state index in [2.05, 4.69) is 36.9 Å². The summed E-state index contributed by atoms with van der Waals surface area (Å²) in [6, 6.07) is 7.57. The monoisotopic (exact) mass is 399 g/mol. The van der Waals surface area contributed by atoms with Crippen LogP contribution in [0.15, 0.2) is 46.1 Å². The van der Waals surface area contributed by atoms with E-state index in [1.54, 1.807) is 12.3 Å². The maximum absolute atomic E-state index is 12.1. The highest BCUT2D eigenvalue weighted by molar-refractivity contribution is 9.10. The smallest absolute Gasteiger partial charge is 0.250 e. The molecule has 0 spiro atoms. The van der Waals surface area contributed by atoms with E-state index in [4.69, 9.17) is 0 Å². The molecule has 3 aromatic rings. The summed E-state index contributed by atoms with van der Waals surface area (Å²) >= 11 is 3.66. The van der Waals surface area contributed by atoms with E-state index in [1.165, 1.54) is 12.1 Å². The summed E-state index contributed by atoms with van der Waals surface area (Å²) < 4.78 is 4.92. The molecule has 6 nitrogen and oxygen atoms in total. The van der Waals surface area contributed by atoms with E-state index in [1.807, 2.05) is 27.3 Å². The van der Waals surface area contributed by atoms with E-state index in [9.17, 15) is 4.79 Å². The molecule has 1 saturated heterocycles. The lowest BCUT2D eigenvalue weighted by atomic mass is 9.83. The summed E-state index contributed by atoms with van der Waals surface area (Å²) in [5.74, 6) is 1.68. The van der Waals surface area contributed by atoms with Crippen LogP contribution in [0.25, 0.3) is 5.78 Å². The highest BCUT2D eigenvalue weighted by Crippen LogP contribution is 2.35. The number of pyridine rings is 1. The van der Waals surface area contributed by atoms with Crippen LogP contribution in [0.3, 0.4) is 0 Å². The van der Waals surface area contributed by atoms with Crippen molar-refractivity contribution in [3.63, 3.8) is 0 Å². The van der Waals surface area contributed by atoms with Crippen molar-refractivity contribution in [3.05, 3.63) is 63.0 Å². The van der Waals surface area contributed by atoms with E-state index >= 15 is 0 Å². The Morgan fingerprint density at radius 3 is 3.00 bits per heavy atom. The Morgan fingerprint density at radius 1 is 1.20 bits per heavy atom. The molecule has 2 aliphatic rings. The largest absolute Gasteiger partial charge is 0.312 e. The van der Waals surface area contributed by atoms with Crippen molar-refractivity contribution >= 4 is 21.7 Å². The van der Waals surface area contributed by atoms with Crippen LogP contribution in [-0.2, 0) is 13.1 Å². The number of hydrogen-bond acceptors (Lipinski definition) is 4. The van der Waals surface area contributed by atoms with Crippen molar-refractivity contribution in [2.45, 2.75) is 25.4 Å². The fourth-order valence-corrected chi connectivity index (χ4v) is 4.83. The minimum absolute atomic E-state index is 0.134. The summed E-state index contributed by atoms with van der Waals surface area (Å²) in [5.41, 5.74) is 2.34. The zero-order valence-corrected chi connectivity index (χ0v) is 15.3. The van der Waals surface area contributed by atoms with Gasteiger partial charge in [-0.25, -0.2) is 9.97 Å². The van der Waals surface area contributed by atoms with Crippen LogP contribution in [-0.4, -0.2) is 36.9 Å². The minimum Gasteiger partial charge on any atom is -0.312 e. The quantitative estimate of drug-likeness (QED) is 0.663. The number of aromatic nitrogens is 4. The summed E-state index contributed by atoms with van der Waals surface area (Å²) in [4.78, 5) is 23.6. The van der Waals surface area contributed by atoms with Gasteiger partial charge < -0.3 is 4.57 Å². The zero-order valence-electron chi connectivity index (χ0n) is 13.7. The number of imidazole rings is 1. The van der Waals surface area contributed by atoms with Gasteiger partial charge in [0.2, 0.25) is 5.78 Å². The molecule has 2 aliphatic heterocycles. The maximum atomic E-state index is 12.1. The molecule has 128 valence electrons. The molecule has 7 heteroatoms. The van der Waals surface area contributed by atoms with E-state index in [0.29, 0.717) is 11.8 Å². The fraction of sp³-hybridized carbons (Fsp3) is 0.389. The Morgan fingerprint density at radius 2 is 2.12 bits per heavy atom. The molecule has 0 aromatic carbocycles. The molecule has 0 aliphatic carbocycles. The maximum Gasteiger partial charge on any atom is 0.250 e. The van der Waals surface area contributed by atoms with Gasteiger partial charge in [-0.2, -0.15) is 0 Å². The third kappa shape index (κ3) is 2.53. The average molecular weight is 400 g/mol. The molecular weight excluding hydrogens is 382 g/mol. The highest BCUT2D eigenvalue weighted by atomic mass is 79.9. The second-order valence-electron chi connectivity index (χ2n) is 7.03. The molecule has 25 heavy (non-hydrogen) atoms. The molecule has 2 unspecified atom stereocenters. The Kier molecular flexibility index (Phi) is 3.53. The van der Waals surface area contributed by atoms with Gasteiger partial charge in [0.05, 0.1) is 5.69 Å². The second-order valence-corrected chi connectivity index (χ2v) is 7.78. The van der Waals surface area contributed by atoms with Crippen molar-refractivity contribution in [1.29, 1.82) is 0 Å². The number of rotatable bonds is 2. The SMILES string of the molecule is O=c1cccc2n1CC1CC2CN(Cc2nc3ncccn3c2Br)C1. The number of nitrogens with zero attached hydrogens (tertiary/aromatic N) is 5. The van der Waals surface area contributed by atoms with Crippen molar-refractivity contribution in [2.75, 3.05) is 13.1 Å². The standard InChI is InChI=1S/C18H18BrN5O/c19-17-14(21-18-20-5-2-6-23(17)18)11-22-8-12-7-13(10-22)15-3-1-4-16(25)24(15)9-12/h1-6,12-13H,7-11H2. The van der Waals surface area contributed by atoms with Gasteiger partial charge in [-0.15, -0.1) is 0 Å². The first kappa shape index (κ1) is 15.3. The topological polar surface area (TPSA) is 55.4 Å². The third-order valence-electron chi connectivity index (χ3n) is 5.34. The van der Waals surface area contributed by atoms with Gasteiger partial charge in [0.25, 0.3) is 5.56 Å². The van der Waals surface area contributed by atoms with Gasteiger partial charge >= 0.3 is 0 Å². The number of piperidine rings is 1. The van der Waals surface area contributed by atoms with Crippen LogP contribution in [0.5, 0.6) is 0 Å². The van der Waals surface area contributed by atoms with Crippen LogP contribution in [0.4, 0.5) is 0 Å². The predicted octanol–water partition coefficient (Wildman–Crippen LogP) is 2.27. The molecule has 2 bridgehead atoms. The molecular formula is C18H18BrN5O. The molecule has 0 N–H and O–H groups in total. The Hall–Kier alpha value is -1.99. The molecule has 2 atom stereocenters. The molecule has 5 heterocycles. The number of likely N-dealkylation sites (tertiary alicyclic amines) is 1. The van der Waals surface area contributed by atoms with Gasteiger partial charge in [-0.05, 0) is 40.4 Å². The van der Waals surface area contributed by atoms with Crippen LogP contribution >= 0.6 is 15.9 Å². The van der Waals surface area contributed by atoms with Crippen LogP contribution in [0.1, 0.15) is 23.7 Å². The zero-order chi connectivity index (χ0) is 17.0. The minimum atomic E-state index is 0.134. The van der Waals surface area contributed by atoms with E-state index in [0.717, 1.165) is 42.3 Å². The highest BCUT2D eigenvalue weighted by Gasteiger charge is 2.34. The lowest BCUT2D eigenvalue weighted by Crippen LogP contribution is -2.46. The van der Waals surface area contributed by atoms with Gasteiger partial charge in [0.1, 0.15) is 4.60 Å². The second kappa shape index (κ2) is 5.78. The fourth-order valence-electron chi connectivity index (χ4n) is 4.34. The van der Waals surface area contributed by atoms with Crippen molar-refractivity contribution in [1.82, 2.24) is 23.8 Å². The van der Waals surface area contributed by atoms with Crippen LogP contribution < -0.4 is 5.56 Å². The first-order chi connectivity index (χ1) is 12.2. The van der Waals surface area contributed by atoms with Crippen LogP contribution in [0, 0.1) is 5.92 Å². The molecule has 0 amide bonds. The van der Waals surface area contributed by atoms with Gasteiger partial charge in [-0.1, -0.05) is 6.07 Å². The number of halogens is 1. The summed E-state index contributed by atoms with van der Waals surface area (Å²) in [5, 5.41) is 0. The molecule has 0 saturated carbocycles. The van der Waals surface area contributed by atoms with Crippen molar-refractivity contribution in [2.24, 2.45) is 5.92 Å². The van der Waals surface area contributed by atoms with E-state index < -0.39 is 0 Å². The Balaban J connectivity index is 1.43. The predicted molar refractivity (Wildman–Crippen MR) is 97.5 cm³/mol. The molecule has 1 fully saturated rings. The molecule has 5 rings (SSSR count). The first-order valence-electron chi connectivity index (χ1n) is 8.58. The first-order valence-corrected chi connectivity index (χ1v) is 9.38. The molecule has 3 aromatic heterocycles. The third-order valence-corrected chi connectivity index (χ3v) is 6.18. The van der Waals surface area contributed by atoms with E-state index in [-0.39, 0.29) is 5.56 Å².